The maximum Gasteiger partial charge on any atom is 0.164 e. The highest BCUT2D eigenvalue weighted by Crippen LogP contribution is 2.30. The van der Waals surface area contributed by atoms with Gasteiger partial charge in [0.25, 0.3) is 0 Å². The van der Waals surface area contributed by atoms with E-state index in [1.807, 2.05) is 20.0 Å². The number of hydrogen-bond acceptors (Lipinski definition) is 5. The first-order valence-electron chi connectivity index (χ1n) is 7.23. The molecule has 2 aromatic rings. The van der Waals surface area contributed by atoms with Crippen molar-refractivity contribution in [3.05, 3.63) is 28.9 Å². The van der Waals surface area contributed by atoms with Gasteiger partial charge in [0.2, 0.25) is 0 Å². The summed E-state index contributed by atoms with van der Waals surface area (Å²) in [4.78, 5) is 9.30. The molecule has 0 saturated carbocycles. The van der Waals surface area contributed by atoms with Gasteiger partial charge in [0.05, 0.1) is 11.3 Å². The van der Waals surface area contributed by atoms with Gasteiger partial charge in [-0.15, -0.1) is 0 Å². The minimum absolute atomic E-state index is 0.391. The summed E-state index contributed by atoms with van der Waals surface area (Å²) in [5.74, 6) is 1.51. The number of nitrogens with one attached hydrogen (secondary N) is 1. The first kappa shape index (κ1) is 13.2. The molecule has 0 aliphatic heterocycles. The molecule has 1 atom stereocenters. The molecule has 1 aliphatic carbocycles. The lowest BCUT2D eigenvalue weighted by molar-refractivity contribution is 0.393. The summed E-state index contributed by atoms with van der Waals surface area (Å²) in [5, 5.41) is 7.49. The van der Waals surface area contributed by atoms with E-state index in [9.17, 15) is 0 Å². The van der Waals surface area contributed by atoms with E-state index in [2.05, 4.69) is 22.4 Å². The molecule has 1 N–H and O–H groups in total. The summed E-state index contributed by atoms with van der Waals surface area (Å²) in [6.07, 6.45) is 5.32. The fraction of sp³-hybridized carbons (Fsp3) is 0.533. The lowest BCUT2D eigenvalue weighted by Gasteiger charge is -2.25. The van der Waals surface area contributed by atoms with E-state index in [1.54, 1.807) is 0 Å². The topological polar surface area (TPSA) is 63.8 Å². The van der Waals surface area contributed by atoms with E-state index >= 15 is 0 Å². The third-order valence-corrected chi connectivity index (χ3v) is 3.89. The van der Waals surface area contributed by atoms with Crippen molar-refractivity contribution < 1.29 is 4.52 Å². The Morgan fingerprint density at radius 2 is 2.25 bits per heavy atom. The van der Waals surface area contributed by atoms with Crippen LogP contribution in [-0.4, -0.2) is 21.7 Å². The van der Waals surface area contributed by atoms with Crippen LogP contribution in [0.1, 0.15) is 48.5 Å². The fourth-order valence-corrected chi connectivity index (χ4v) is 2.93. The molecule has 5 heteroatoms. The van der Waals surface area contributed by atoms with E-state index < -0.39 is 0 Å². The molecule has 1 aliphatic rings. The molecule has 3 rings (SSSR count). The van der Waals surface area contributed by atoms with E-state index in [0.29, 0.717) is 6.04 Å². The average molecular weight is 272 g/mol. The molecule has 2 aromatic heterocycles. The van der Waals surface area contributed by atoms with Gasteiger partial charge in [0.1, 0.15) is 5.76 Å². The van der Waals surface area contributed by atoms with Crippen LogP contribution in [0.2, 0.25) is 0 Å². The summed E-state index contributed by atoms with van der Waals surface area (Å²) >= 11 is 0. The van der Waals surface area contributed by atoms with Crippen LogP contribution in [0.15, 0.2) is 10.7 Å². The van der Waals surface area contributed by atoms with Crippen LogP contribution in [0.5, 0.6) is 0 Å². The van der Waals surface area contributed by atoms with Crippen molar-refractivity contribution >= 4 is 0 Å². The Morgan fingerprint density at radius 3 is 2.95 bits per heavy atom. The molecular weight excluding hydrogens is 252 g/mol. The van der Waals surface area contributed by atoms with Crippen LogP contribution < -0.4 is 5.32 Å². The SMILES string of the molecule is CCNC1CCCc2nc(-c3c(C)noc3C)ncc21. The van der Waals surface area contributed by atoms with Crippen LogP contribution in [0.25, 0.3) is 11.4 Å². The lowest BCUT2D eigenvalue weighted by Crippen LogP contribution is -2.25. The smallest absolute Gasteiger partial charge is 0.164 e. The molecule has 0 amide bonds. The van der Waals surface area contributed by atoms with Crippen LogP contribution >= 0.6 is 0 Å². The van der Waals surface area contributed by atoms with Crippen molar-refractivity contribution in [2.45, 2.75) is 46.1 Å². The summed E-state index contributed by atoms with van der Waals surface area (Å²) in [5.41, 5.74) is 4.18. The zero-order valence-corrected chi connectivity index (χ0v) is 12.2. The molecule has 0 saturated heterocycles. The fourth-order valence-electron chi connectivity index (χ4n) is 2.93. The normalized spacial score (nSPS) is 18.1. The van der Waals surface area contributed by atoms with E-state index in [1.165, 1.54) is 12.0 Å². The minimum atomic E-state index is 0.391. The highest BCUT2D eigenvalue weighted by Gasteiger charge is 2.23. The maximum atomic E-state index is 5.21. The molecule has 20 heavy (non-hydrogen) atoms. The molecule has 1 unspecified atom stereocenters. The summed E-state index contributed by atoms with van der Waals surface area (Å²) in [7, 11) is 0. The van der Waals surface area contributed by atoms with Crippen molar-refractivity contribution in [2.24, 2.45) is 0 Å². The maximum absolute atomic E-state index is 5.21. The van der Waals surface area contributed by atoms with Crippen molar-refractivity contribution in [1.82, 2.24) is 20.4 Å². The van der Waals surface area contributed by atoms with E-state index in [-0.39, 0.29) is 0 Å². The Balaban J connectivity index is 2.01. The third kappa shape index (κ3) is 2.22. The van der Waals surface area contributed by atoms with Crippen molar-refractivity contribution in [3.8, 4) is 11.4 Å². The second-order valence-corrected chi connectivity index (χ2v) is 5.30. The van der Waals surface area contributed by atoms with Gasteiger partial charge in [-0.3, -0.25) is 0 Å². The minimum Gasteiger partial charge on any atom is -0.361 e. The number of hydrogen-bond donors (Lipinski definition) is 1. The predicted octanol–water partition coefficient (Wildman–Crippen LogP) is 2.74. The molecule has 5 nitrogen and oxygen atoms in total. The Labute approximate surface area is 118 Å². The predicted molar refractivity (Wildman–Crippen MR) is 76.4 cm³/mol. The van der Waals surface area contributed by atoms with Crippen molar-refractivity contribution in [1.29, 1.82) is 0 Å². The molecule has 0 spiro atoms. The zero-order valence-electron chi connectivity index (χ0n) is 12.2. The van der Waals surface area contributed by atoms with Gasteiger partial charge < -0.3 is 9.84 Å². The van der Waals surface area contributed by atoms with Crippen molar-refractivity contribution in [2.75, 3.05) is 6.54 Å². The zero-order chi connectivity index (χ0) is 14.1. The quantitative estimate of drug-likeness (QED) is 0.930. The Morgan fingerprint density at radius 1 is 1.40 bits per heavy atom. The molecule has 106 valence electrons. The highest BCUT2D eigenvalue weighted by atomic mass is 16.5. The second kappa shape index (κ2) is 5.32. The van der Waals surface area contributed by atoms with Crippen LogP contribution in [0.4, 0.5) is 0 Å². The van der Waals surface area contributed by atoms with Crippen molar-refractivity contribution in [3.63, 3.8) is 0 Å². The van der Waals surface area contributed by atoms with Gasteiger partial charge in [-0.25, -0.2) is 9.97 Å². The number of rotatable bonds is 3. The average Bonchev–Trinajstić information content (AvgIpc) is 2.78. The van der Waals surface area contributed by atoms with Gasteiger partial charge in [-0.2, -0.15) is 0 Å². The second-order valence-electron chi connectivity index (χ2n) is 5.30. The first-order valence-corrected chi connectivity index (χ1v) is 7.23. The standard InChI is InChI=1S/C15H20N4O/c1-4-16-12-6-5-7-13-11(12)8-17-15(18-13)14-9(2)19-20-10(14)3/h8,12,16H,4-7H2,1-3H3. The number of aryl methyl sites for hydroxylation is 3. The number of nitrogens with zero attached hydrogens (tertiary/aromatic N) is 3. The molecule has 0 bridgehead atoms. The van der Waals surface area contributed by atoms with Crippen LogP contribution in [0, 0.1) is 13.8 Å². The molecule has 0 radical (unpaired) electrons. The first-order chi connectivity index (χ1) is 9.70. The molecule has 0 aromatic carbocycles. The summed E-state index contributed by atoms with van der Waals surface area (Å²) in [6.45, 7) is 6.93. The summed E-state index contributed by atoms with van der Waals surface area (Å²) in [6, 6.07) is 0.391. The monoisotopic (exact) mass is 272 g/mol. The molecular formula is C15H20N4O. The molecule has 0 fully saturated rings. The van der Waals surface area contributed by atoms with Crippen LogP contribution in [0.3, 0.4) is 0 Å². The van der Waals surface area contributed by atoms with Gasteiger partial charge in [-0.1, -0.05) is 12.1 Å². The van der Waals surface area contributed by atoms with Gasteiger partial charge >= 0.3 is 0 Å². The van der Waals surface area contributed by atoms with E-state index in [4.69, 9.17) is 9.51 Å². The third-order valence-electron chi connectivity index (χ3n) is 3.89. The summed E-state index contributed by atoms with van der Waals surface area (Å²) < 4.78 is 5.21. The Bertz CT molecular complexity index is 601. The van der Waals surface area contributed by atoms with Gasteiger partial charge in [0.15, 0.2) is 5.82 Å². The molecule has 2 heterocycles. The highest BCUT2D eigenvalue weighted by molar-refractivity contribution is 5.60. The van der Waals surface area contributed by atoms with Crippen LogP contribution in [-0.2, 0) is 6.42 Å². The Hall–Kier alpha value is -1.75. The largest absolute Gasteiger partial charge is 0.361 e. The lowest BCUT2D eigenvalue weighted by atomic mass is 9.92. The number of fused-ring (bicyclic) bond motifs is 1. The Kier molecular flexibility index (Phi) is 3.53. The number of aromatic nitrogens is 3. The van der Waals surface area contributed by atoms with Gasteiger partial charge in [-0.05, 0) is 39.7 Å². The van der Waals surface area contributed by atoms with E-state index in [0.717, 1.165) is 47.9 Å². The van der Waals surface area contributed by atoms with Gasteiger partial charge in [0, 0.05) is 23.5 Å².